The molecule has 2 N–H and O–H groups in total. The minimum Gasteiger partial charge on any atom is -0.313 e. The molecule has 2 rings (SSSR count). The lowest BCUT2D eigenvalue weighted by atomic mass is 10.2. The third kappa shape index (κ3) is 3.12. The molecule has 1 aromatic heterocycles. The Bertz CT molecular complexity index is 312. The van der Waals surface area contributed by atoms with Crippen molar-refractivity contribution in [3.05, 3.63) is 23.2 Å². The Labute approximate surface area is 94.5 Å². The number of hydrogen-bond donors (Lipinski definition) is 2. The summed E-state index contributed by atoms with van der Waals surface area (Å²) in [5.74, 6) is 0. The normalized spacial score (nSPS) is 20.7. The first-order valence-electron chi connectivity index (χ1n) is 5.26. The third-order valence-corrected chi connectivity index (χ3v) is 2.88. The molecule has 1 aliphatic heterocycles. The first kappa shape index (κ1) is 10.8. The average molecular weight is 227 g/mol. The van der Waals surface area contributed by atoms with Crippen molar-refractivity contribution in [2.75, 3.05) is 13.1 Å². The van der Waals surface area contributed by atoms with Crippen LogP contribution in [0.25, 0.3) is 0 Å². The van der Waals surface area contributed by atoms with Crippen LogP contribution in [0.15, 0.2) is 12.4 Å². The summed E-state index contributed by atoms with van der Waals surface area (Å²) in [4.78, 5) is 8.14. The molecule has 1 fully saturated rings. The van der Waals surface area contributed by atoms with E-state index in [1.165, 1.54) is 12.8 Å². The van der Waals surface area contributed by atoms with E-state index in [0.717, 1.165) is 18.8 Å². The Morgan fingerprint density at radius 2 is 2.33 bits per heavy atom. The maximum absolute atomic E-state index is 5.89. The lowest BCUT2D eigenvalue weighted by molar-refractivity contribution is 0.532. The molecule has 1 aliphatic rings. The van der Waals surface area contributed by atoms with Gasteiger partial charge < -0.3 is 10.6 Å². The summed E-state index contributed by atoms with van der Waals surface area (Å²) in [7, 11) is 0. The Hall–Kier alpha value is -0.710. The van der Waals surface area contributed by atoms with E-state index in [4.69, 9.17) is 11.6 Å². The highest BCUT2D eigenvalue weighted by molar-refractivity contribution is 6.29. The van der Waals surface area contributed by atoms with Crippen molar-refractivity contribution in [3.63, 3.8) is 0 Å². The van der Waals surface area contributed by atoms with E-state index < -0.39 is 0 Å². The average Bonchev–Trinajstić information content (AvgIpc) is 2.74. The second kappa shape index (κ2) is 5.39. The van der Waals surface area contributed by atoms with Gasteiger partial charge in [-0.05, 0) is 19.4 Å². The van der Waals surface area contributed by atoms with Gasteiger partial charge in [0, 0.05) is 31.5 Å². The molecular formula is C10H15ClN4. The Morgan fingerprint density at radius 3 is 3.07 bits per heavy atom. The minimum absolute atomic E-state index is 0.490. The highest BCUT2D eigenvalue weighted by atomic mass is 35.5. The van der Waals surface area contributed by atoms with Crippen LogP contribution in [0, 0.1) is 0 Å². The van der Waals surface area contributed by atoms with E-state index in [9.17, 15) is 0 Å². The highest BCUT2D eigenvalue weighted by Gasteiger charge is 2.13. The molecule has 4 nitrogen and oxygen atoms in total. The van der Waals surface area contributed by atoms with Gasteiger partial charge in [-0.1, -0.05) is 11.6 Å². The number of halogens is 1. The molecule has 0 radical (unpaired) electrons. The first-order chi connectivity index (χ1) is 7.36. The predicted octanol–water partition coefficient (Wildman–Crippen LogP) is 0.972. The van der Waals surface area contributed by atoms with Crippen molar-refractivity contribution >= 4 is 11.6 Å². The van der Waals surface area contributed by atoms with Crippen molar-refractivity contribution < 1.29 is 0 Å². The van der Waals surface area contributed by atoms with Gasteiger partial charge in [0.1, 0.15) is 0 Å². The highest BCUT2D eigenvalue weighted by Crippen LogP contribution is 2.08. The van der Waals surface area contributed by atoms with Crippen LogP contribution in [0.4, 0.5) is 0 Å². The van der Waals surface area contributed by atoms with Crippen LogP contribution in [-0.4, -0.2) is 29.1 Å². The summed E-state index contributed by atoms with van der Waals surface area (Å²) in [5.41, 5.74) is 0.817. The van der Waals surface area contributed by atoms with Gasteiger partial charge in [-0.15, -0.1) is 0 Å². The Morgan fingerprint density at radius 1 is 1.47 bits per heavy atom. The van der Waals surface area contributed by atoms with E-state index >= 15 is 0 Å². The van der Waals surface area contributed by atoms with Crippen molar-refractivity contribution in [3.8, 4) is 0 Å². The maximum atomic E-state index is 5.89. The molecule has 0 aromatic carbocycles. The molecule has 5 heteroatoms. The summed E-state index contributed by atoms with van der Waals surface area (Å²) >= 11 is 5.89. The summed E-state index contributed by atoms with van der Waals surface area (Å²) < 4.78 is 0. The fourth-order valence-corrected chi connectivity index (χ4v) is 1.94. The van der Waals surface area contributed by atoms with Crippen LogP contribution in [0.5, 0.6) is 0 Å². The van der Waals surface area contributed by atoms with E-state index in [2.05, 4.69) is 20.6 Å². The van der Waals surface area contributed by atoms with Gasteiger partial charge in [0.15, 0.2) is 5.15 Å². The first-order valence-corrected chi connectivity index (χ1v) is 5.63. The largest absolute Gasteiger partial charge is 0.313 e. The van der Waals surface area contributed by atoms with Gasteiger partial charge in [0.25, 0.3) is 0 Å². The fraction of sp³-hybridized carbons (Fsp3) is 0.600. The quantitative estimate of drug-likeness (QED) is 0.804. The molecule has 0 unspecified atom stereocenters. The van der Waals surface area contributed by atoms with Crippen LogP contribution in [0.1, 0.15) is 18.5 Å². The van der Waals surface area contributed by atoms with Crippen LogP contribution in [-0.2, 0) is 6.54 Å². The Balaban J connectivity index is 1.75. The Kier molecular flexibility index (Phi) is 3.88. The molecule has 2 heterocycles. The van der Waals surface area contributed by atoms with Gasteiger partial charge in [-0.3, -0.25) is 4.98 Å². The molecule has 0 saturated carbocycles. The van der Waals surface area contributed by atoms with E-state index in [1.807, 2.05) is 0 Å². The van der Waals surface area contributed by atoms with Gasteiger partial charge >= 0.3 is 0 Å². The molecule has 1 aromatic rings. The molecule has 15 heavy (non-hydrogen) atoms. The van der Waals surface area contributed by atoms with Gasteiger partial charge in [-0.2, -0.15) is 0 Å². The van der Waals surface area contributed by atoms with Gasteiger partial charge in [0.2, 0.25) is 0 Å². The second-order valence-corrected chi connectivity index (χ2v) is 4.08. The maximum Gasteiger partial charge on any atom is 0.151 e. The smallest absolute Gasteiger partial charge is 0.151 e. The molecule has 0 spiro atoms. The molecule has 0 amide bonds. The number of nitrogens with zero attached hydrogens (tertiary/aromatic N) is 2. The zero-order valence-corrected chi connectivity index (χ0v) is 9.30. The minimum atomic E-state index is 0.490. The van der Waals surface area contributed by atoms with E-state index in [0.29, 0.717) is 17.7 Å². The van der Waals surface area contributed by atoms with E-state index in [-0.39, 0.29) is 0 Å². The van der Waals surface area contributed by atoms with Crippen LogP contribution >= 0.6 is 11.6 Å². The van der Waals surface area contributed by atoms with Crippen LogP contribution in [0.3, 0.4) is 0 Å². The lowest BCUT2D eigenvalue weighted by Crippen LogP contribution is -2.33. The third-order valence-electron chi connectivity index (χ3n) is 2.57. The monoisotopic (exact) mass is 226 g/mol. The number of aromatic nitrogens is 2. The van der Waals surface area contributed by atoms with Crippen molar-refractivity contribution in [1.82, 2.24) is 20.6 Å². The van der Waals surface area contributed by atoms with E-state index in [1.54, 1.807) is 12.4 Å². The second-order valence-electron chi connectivity index (χ2n) is 3.72. The number of nitrogens with one attached hydrogen (secondary N) is 2. The molecule has 0 bridgehead atoms. The number of rotatable bonds is 4. The molecule has 1 saturated heterocycles. The van der Waals surface area contributed by atoms with Crippen molar-refractivity contribution in [1.29, 1.82) is 0 Å². The topological polar surface area (TPSA) is 49.8 Å². The lowest BCUT2D eigenvalue weighted by Gasteiger charge is -2.11. The summed E-state index contributed by atoms with van der Waals surface area (Å²) in [6, 6.07) is 0.598. The van der Waals surface area contributed by atoms with Crippen molar-refractivity contribution in [2.45, 2.75) is 25.4 Å². The molecule has 0 aliphatic carbocycles. The molecule has 82 valence electrons. The zero-order valence-electron chi connectivity index (χ0n) is 8.54. The van der Waals surface area contributed by atoms with Crippen LogP contribution < -0.4 is 10.6 Å². The van der Waals surface area contributed by atoms with Crippen molar-refractivity contribution in [2.24, 2.45) is 0 Å². The summed E-state index contributed by atoms with van der Waals surface area (Å²) in [5, 5.41) is 7.25. The van der Waals surface area contributed by atoms with Gasteiger partial charge in [0.05, 0.1) is 5.69 Å². The standard InChI is InChI=1S/C10H15ClN4/c11-10-9(14-4-5-15-10)7-12-6-8-2-1-3-13-8/h4-5,8,12-13H,1-3,6-7H2/t8-/m0/s1. The SMILES string of the molecule is Clc1nccnc1CNC[C@@H]1CCCN1. The molecule has 1 atom stereocenters. The number of hydrogen-bond acceptors (Lipinski definition) is 4. The summed E-state index contributed by atoms with van der Waals surface area (Å²) in [6.45, 7) is 2.79. The zero-order chi connectivity index (χ0) is 10.5. The molecular weight excluding hydrogens is 212 g/mol. The fourth-order valence-electron chi connectivity index (χ4n) is 1.76. The predicted molar refractivity (Wildman–Crippen MR) is 59.8 cm³/mol. The van der Waals surface area contributed by atoms with Gasteiger partial charge in [-0.25, -0.2) is 4.98 Å². The van der Waals surface area contributed by atoms with Crippen LogP contribution in [0.2, 0.25) is 5.15 Å². The summed E-state index contributed by atoms with van der Waals surface area (Å²) in [6.07, 6.45) is 5.79.